The van der Waals surface area contributed by atoms with E-state index in [2.05, 4.69) is 15.1 Å². The Morgan fingerprint density at radius 3 is 2.41 bits per heavy atom. The van der Waals surface area contributed by atoms with Crippen LogP contribution in [-0.4, -0.2) is 51.9 Å². The largest absolute Gasteiger partial charge is 0.368 e. The predicted molar refractivity (Wildman–Crippen MR) is 116 cm³/mol. The maximum atomic E-state index is 12.5. The number of carbonyl (C=O) groups is 1. The summed E-state index contributed by atoms with van der Waals surface area (Å²) in [6.45, 7) is 6.86. The van der Waals surface area contributed by atoms with Crippen LogP contribution in [0.3, 0.4) is 0 Å². The number of nitrogens with two attached hydrogens (primary N) is 1. The van der Waals surface area contributed by atoms with Crippen molar-refractivity contribution in [2.24, 2.45) is 5.14 Å². The van der Waals surface area contributed by atoms with Crippen molar-refractivity contribution in [3.8, 4) is 0 Å². The summed E-state index contributed by atoms with van der Waals surface area (Å²) in [6.07, 6.45) is 0. The summed E-state index contributed by atoms with van der Waals surface area (Å²) in [7, 11) is -3.84. The van der Waals surface area contributed by atoms with Crippen molar-refractivity contribution in [2.45, 2.75) is 18.7 Å². The lowest BCUT2D eigenvalue weighted by atomic mass is 10.1. The Kier molecular flexibility index (Phi) is 6.48. The molecule has 1 fully saturated rings. The zero-order valence-corrected chi connectivity index (χ0v) is 18.1. The van der Waals surface area contributed by atoms with Crippen LogP contribution in [-0.2, 0) is 14.8 Å². The highest BCUT2D eigenvalue weighted by atomic mass is 35.5. The normalized spacial score (nSPS) is 15.4. The first kappa shape index (κ1) is 21.6. The van der Waals surface area contributed by atoms with Crippen LogP contribution in [0.2, 0.25) is 5.02 Å². The van der Waals surface area contributed by atoms with Crippen molar-refractivity contribution >= 4 is 38.9 Å². The van der Waals surface area contributed by atoms with E-state index in [0.717, 1.165) is 48.0 Å². The Morgan fingerprint density at radius 1 is 1.14 bits per heavy atom. The second-order valence-electron chi connectivity index (χ2n) is 7.22. The number of anilines is 2. The number of carbonyl (C=O) groups excluding carboxylic acids is 1. The Bertz CT molecular complexity index is 1020. The number of aryl methyl sites for hydroxylation is 1. The minimum absolute atomic E-state index is 0.00995. The van der Waals surface area contributed by atoms with Crippen LogP contribution in [0.4, 0.5) is 11.4 Å². The summed E-state index contributed by atoms with van der Waals surface area (Å²) in [5.74, 6) is -0.190. The van der Waals surface area contributed by atoms with E-state index in [1.807, 2.05) is 31.2 Å². The standard InChI is InChI=1S/C20H25ClN4O3S/c1-14-11-16(29(22,27)28)12-18(15(14)2)23-20(26)13-24-7-9-25(10-8-24)19-6-4-3-5-17(19)21/h3-6,11-12H,7-10,13H2,1-2H3,(H,23,26)(H2,22,27,28). The molecule has 1 aliphatic rings. The number of halogens is 1. The number of nitrogens with zero attached hydrogens (tertiary/aromatic N) is 2. The van der Waals surface area contributed by atoms with Gasteiger partial charge in [-0.2, -0.15) is 0 Å². The van der Waals surface area contributed by atoms with Gasteiger partial charge >= 0.3 is 0 Å². The van der Waals surface area contributed by atoms with E-state index in [1.165, 1.54) is 12.1 Å². The average molecular weight is 437 g/mol. The maximum absolute atomic E-state index is 12.5. The molecule has 156 valence electrons. The van der Waals surface area contributed by atoms with Gasteiger partial charge in [-0.05, 0) is 49.2 Å². The molecule has 0 aliphatic carbocycles. The third kappa shape index (κ3) is 5.27. The second kappa shape index (κ2) is 8.71. The minimum Gasteiger partial charge on any atom is -0.368 e. The molecule has 3 N–H and O–H groups in total. The molecule has 0 radical (unpaired) electrons. The van der Waals surface area contributed by atoms with Gasteiger partial charge in [-0.3, -0.25) is 9.69 Å². The van der Waals surface area contributed by atoms with Crippen molar-refractivity contribution in [3.05, 3.63) is 52.5 Å². The smallest absolute Gasteiger partial charge is 0.238 e. The number of piperazine rings is 1. The average Bonchev–Trinajstić information content (AvgIpc) is 2.65. The summed E-state index contributed by atoms with van der Waals surface area (Å²) in [5.41, 5.74) is 3.03. The van der Waals surface area contributed by atoms with Gasteiger partial charge in [0.05, 0.1) is 22.2 Å². The van der Waals surface area contributed by atoms with E-state index in [0.29, 0.717) is 5.69 Å². The SMILES string of the molecule is Cc1cc(S(N)(=O)=O)cc(NC(=O)CN2CCN(c3ccccc3Cl)CC2)c1C. The minimum atomic E-state index is -3.84. The molecule has 7 nitrogen and oxygen atoms in total. The van der Waals surface area contributed by atoms with Gasteiger partial charge in [0.25, 0.3) is 0 Å². The number of para-hydroxylation sites is 1. The molecule has 1 aliphatic heterocycles. The van der Waals surface area contributed by atoms with E-state index in [4.69, 9.17) is 16.7 Å². The summed E-state index contributed by atoms with van der Waals surface area (Å²) in [5, 5.41) is 8.78. The number of hydrogen-bond acceptors (Lipinski definition) is 5. The number of hydrogen-bond donors (Lipinski definition) is 2. The summed E-state index contributed by atoms with van der Waals surface area (Å²) < 4.78 is 23.3. The van der Waals surface area contributed by atoms with Crippen molar-refractivity contribution in [1.29, 1.82) is 0 Å². The molecule has 0 atom stereocenters. The van der Waals surface area contributed by atoms with Gasteiger partial charge in [0.2, 0.25) is 15.9 Å². The molecular weight excluding hydrogens is 412 g/mol. The summed E-state index contributed by atoms with van der Waals surface area (Å²) in [6, 6.07) is 10.6. The first-order valence-corrected chi connectivity index (χ1v) is 11.2. The van der Waals surface area contributed by atoms with Gasteiger partial charge in [-0.25, -0.2) is 13.6 Å². The topological polar surface area (TPSA) is 95.7 Å². The molecule has 0 bridgehead atoms. The fraction of sp³-hybridized carbons (Fsp3) is 0.350. The molecule has 0 saturated carbocycles. The third-order valence-corrected chi connectivity index (χ3v) is 6.39. The molecule has 9 heteroatoms. The maximum Gasteiger partial charge on any atom is 0.238 e. The van der Waals surface area contributed by atoms with Crippen LogP contribution in [0.1, 0.15) is 11.1 Å². The Balaban J connectivity index is 1.61. The highest BCUT2D eigenvalue weighted by Gasteiger charge is 2.21. The van der Waals surface area contributed by atoms with E-state index in [1.54, 1.807) is 6.92 Å². The number of benzene rings is 2. The van der Waals surface area contributed by atoms with Crippen molar-refractivity contribution in [3.63, 3.8) is 0 Å². The lowest BCUT2D eigenvalue weighted by Gasteiger charge is -2.36. The number of nitrogens with one attached hydrogen (secondary N) is 1. The quantitative estimate of drug-likeness (QED) is 0.750. The predicted octanol–water partition coefficient (Wildman–Crippen LogP) is 2.36. The highest BCUT2D eigenvalue weighted by molar-refractivity contribution is 7.89. The molecular formula is C20H25ClN4O3S. The van der Waals surface area contributed by atoms with Gasteiger partial charge in [-0.15, -0.1) is 0 Å². The number of rotatable bonds is 5. The van der Waals surface area contributed by atoms with Crippen LogP contribution in [0, 0.1) is 13.8 Å². The molecule has 3 rings (SSSR count). The second-order valence-corrected chi connectivity index (χ2v) is 9.19. The number of sulfonamides is 1. The highest BCUT2D eigenvalue weighted by Crippen LogP contribution is 2.26. The van der Waals surface area contributed by atoms with Crippen LogP contribution in [0.25, 0.3) is 0 Å². The van der Waals surface area contributed by atoms with E-state index in [-0.39, 0.29) is 17.3 Å². The Hall–Kier alpha value is -2.13. The first-order valence-electron chi connectivity index (χ1n) is 9.31. The number of primary sulfonamides is 1. The number of amides is 1. The lowest BCUT2D eigenvalue weighted by Crippen LogP contribution is -2.48. The zero-order chi connectivity index (χ0) is 21.2. The summed E-state index contributed by atoms with van der Waals surface area (Å²) >= 11 is 6.27. The Labute approximate surface area is 176 Å². The Morgan fingerprint density at radius 2 is 1.79 bits per heavy atom. The third-order valence-electron chi connectivity index (χ3n) is 5.18. The van der Waals surface area contributed by atoms with Crippen molar-refractivity contribution < 1.29 is 13.2 Å². The van der Waals surface area contributed by atoms with Crippen molar-refractivity contribution in [1.82, 2.24) is 4.90 Å². The monoisotopic (exact) mass is 436 g/mol. The molecule has 2 aromatic carbocycles. The molecule has 2 aromatic rings. The van der Waals surface area contributed by atoms with E-state index in [9.17, 15) is 13.2 Å². The fourth-order valence-electron chi connectivity index (χ4n) is 3.37. The van der Waals surface area contributed by atoms with E-state index >= 15 is 0 Å². The van der Waals surface area contributed by atoms with Crippen LogP contribution in [0.5, 0.6) is 0 Å². The molecule has 29 heavy (non-hydrogen) atoms. The van der Waals surface area contributed by atoms with Crippen LogP contribution < -0.4 is 15.4 Å². The summed E-state index contributed by atoms with van der Waals surface area (Å²) in [4.78, 5) is 16.8. The molecule has 0 unspecified atom stereocenters. The van der Waals surface area contributed by atoms with Gasteiger partial charge in [-0.1, -0.05) is 23.7 Å². The van der Waals surface area contributed by atoms with Crippen LogP contribution >= 0.6 is 11.6 Å². The molecule has 1 saturated heterocycles. The van der Waals surface area contributed by atoms with Gasteiger partial charge < -0.3 is 10.2 Å². The van der Waals surface area contributed by atoms with Gasteiger partial charge in [0.15, 0.2) is 0 Å². The zero-order valence-electron chi connectivity index (χ0n) is 16.5. The van der Waals surface area contributed by atoms with Crippen LogP contribution in [0.15, 0.2) is 41.3 Å². The van der Waals surface area contributed by atoms with Gasteiger partial charge in [0.1, 0.15) is 0 Å². The lowest BCUT2D eigenvalue weighted by molar-refractivity contribution is -0.117. The molecule has 1 amide bonds. The molecule has 0 aromatic heterocycles. The fourth-order valence-corrected chi connectivity index (χ4v) is 4.25. The molecule has 1 heterocycles. The van der Waals surface area contributed by atoms with Gasteiger partial charge in [0, 0.05) is 31.9 Å². The van der Waals surface area contributed by atoms with E-state index < -0.39 is 10.0 Å². The van der Waals surface area contributed by atoms with Crippen molar-refractivity contribution in [2.75, 3.05) is 42.9 Å². The first-order chi connectivity index (χ1) is 13.6. The molecule has 0 spiro atoms.